The second kappa shape index (κ2) is 11.2. The maximum absolute atomic E-state index is 13.3. The lowest BCUT2D eigenvalue weighted by atomic mass is 10.1. The highest BCUT2D eigenvalue weighted by Crippen LogP contribution is 2.38. The molecule has 8 nitrogen and oxygen atoms in total. The first kappa shape index (κ1) is 25.8. The number of nitrogens with one attached hydrogen (secondary N) is 2. The molecule has 0 radical (unpaired) electrons. The van der Waals surface area contributed by atoms with Gasteiger partial charge in [0.2, 0.25) is 0 Å². The van der Waals surface area contributed by atoms with E-state index in [0.29, 0.717) is 30.0 Å². The molecule has 190 valence electrons. The van der Waals surface area contributed by atoms with E-state index in [4.69, 9.17) is 21.1 Å². The summed E-state index contributed by atoms with van der Waals surface area (Å²) in [5.41, 5.74) is 2.92. The number of nitrogens with zero attached hydrogens (tertiary/aromatic N) is 1. The number of anilines is 2. The predicted molar refractivity (Wildman–Crippen MR) is 142 cm³/mol. The Balaban J connectivity index is 1.51. The van der Waals surface area contributed by atoms with E-state index in [1.165, 1.54) is 14.2 Å². The van der Waals surface area contributed by atoms with E-state index in [2.05, 4.69) is 10.6 Å². The van der Waals surface area contributed by atoms with Crippen molar-refractivity contribution in [2.24, 2.45) is 0 Å². The lowest BCUT2D eigenvalue weighted by Crippen LogP contribution is -2.32. The number of carbonyl (C=O) groups excluding carboxylic acids is 3. The van der Waals surface area contributed by atoms with Crippen molar-refractivity contribution in [2.75, 3.05) is 31.0 Å². The second-order valence-electron chi connectivity index (χ2n) is 8.32. The number of imide groups is 1. The third kappa shape index (κ3) is 5.44. The smallest absolute Gasteiger partial charge is 0.283 e. The number of carbonyl (C=O) groups is 3. The molecule has 1 aliphatic heterocycles. The summed E-state index contributed by atoms with van der Waals surface area (Å²) in [6.07, 6.45) is 0.702. The van der Waals surface area contributed by atoms with Gasteiger partial charge < -0.3 is 20.1 Å². The Hall–Kier alpha value is -4.30. The molecule has 2 N–H and O–H groups in total. The first-order chi connectivity index (χ1) is 17.8. The van der Waals surface area contributed by atoms with Crippen LogP contribution in [0.2, 0.25) is 0 Å². The molecule has 1 aliphatic rings. The van der Waals surface area contributed by atoms with Crippen molar-refractivity contribution in [2.45, 2.75) is 13.3 Å². The van der Waals surface area contributed by atoms with Crippen LogP contribution in [0.1, 0.15) is 21.5 Å². The number of ether oxygens (including phenoxy) is 2. The zero-order valence-corrected chi connectivity index (χ0v) is 21.4. The molecule has 0 bridgehead atoms. The highest BCUT2D eigenvalue weighted by atomic mass is 35.5. The van der Waals surface area contributed by atoms with Crippen molar-refractivity contribution >= 4 is 40.7 Å². The van der Waals surface area contributed by atoms with Crippen molar-refractivity contribution in [1.82, 2.24) is 5.32 Å². The molecule has 0 aromatic heterocycles. The summed E-state index contributed by atoms with van der Waals surface area (Å²) < 4.78 is 10.5. The van der Waals surface area contributed by atoms with Crippen molar-refractivity contribution in [3.05, 3.63) is 94.1 Å². The van der Waals surface area contributed by atoms with E-state index < -0.39 is 11.8 Å². The number of halogens is 1. The van der Waals surface area contributed by atoms with Gasteiger partial charge in [0, 0.05) is 23.9 Å². The Morgan fingerprint density at radius 3 is 2.41 bits per heavy atom. The van der Waals surface area contributed by atoms with Crippen LogP contribution in [0.3, 0.4) is 0 Å². The zero-order valence-electron chi connectivity index (χ0n) is 20.6. The second-order valence-corrected chi connectivity index (χ2v) is 8.70. The molecule has 0 spiro atoms. The van der Waals surface area contributed by atoms with Crippen LogP contribution in [0.15, 0.2) is 77.5 Å². The summed E-state index contributed by atoms with van der Waals surface area (Å²) in [5.74, 6) is -0.804. The molecule has 37 heavy (non-hydrogen) atoms. The Morgan fingerprint density at radius 2 is 1.70 bits per heavy atom. The summed E-state index contributed by atoms with van der Waals surface area (Å²) in [5, 5.41) is 5.61. The van der Waals surface area contributed by atoms with Gasteiger partial charge in [-0.2, -0.15) is 0 Å². The fraction of sp³-hybridized carbons (Fsp3) is 0.179. The fourth-order valence-electron chi connectivity index (χ4n) is 3.90. The highest BCUT2D eigenvalue weighted by Gasteiger charge is 2.40. The minimum atomic E-state index is -0.690. The van der Waals surface area contributed by atoms with Crippen molar-refractivity contribution < 1.29 is 23.9 Å². The molecule has 9 heteroatoms. The fourth-order valence-corrected chi connectivity index (χ4v) is 4.11. The molecule has 0 atom stereocenters. The summed E-state index contributed by atoms with van der Waals surface area (Å²) in [4.78, 5) is 39.9. The van der Waals surface area contributed by atoms with Crippen LogP contribution in [0, 0.1) is 6.92 Å². The van der Waals surface area contributed by atoms with Gasteiger partial charge in [-0.3, -0.25) is 14.4 Å². The minimum absolute atomic E-state index is 0.0886. The number of rotatable bonds is 9. The highest BCUT2D eigenvalue weighted by molar-refractivity contribution is 6.53. The topological polar surface area (TPSA) is 97.0 Å². The number of hydrogen-bond donors (Lipinski definition) is 2. The van der Waals surface area contributed by atoms with Crippen LogP contribution in [0.25, 0.3) is 0 Å². The Kier molecular flexibility index (Phi) is 7.79. The van der Waals surface area contributed by atoms with E-state index in [9.17, 15) is 14.4 Å². The van der Waals surface area contributed by atoms with Gasteiger partial charge in [0.25, 0.3) is 17.7 Å². The van der Waals surface area contributed by atoms with Gasteiger partial charge >= 0.3 is 0 Å². The lowest BCUT2D eigenvalue weighted by Gasteiger charge is -2.19. The van der Waals surface area contributed by atoms with Gasteiger partial charge in [0.15, 0.2) is 0 Å². The monoisotopic (exact) mass is 519 g/mol. The third-order valence-electron chi connectivity index (χ3n) is 5.96. The van der Waals surface area contributed by atoms with E-state index in [-0.39, 0.29) is 28.1 Å². The van der Waals surface area contributed by atoms with Crippen LogP contribution in [-0.2, 0) is 16.0 Å². The molecule has 3 aromatic carbocycles. The summed E-state index contributed by atoms with van der Waals surface area (Å²) in [6, 6.07) is 19.7. The van der Waals surface area contributed by atoms with E-state index in [0.717, 1.165) is 16.0 Å². The molecular weight excluding hydrogens is 494 g/mol. The van der Waals surface area contributed by atoms with E-state index in [1.54, 1.807) is 36.4 Å². The molecule has 0 saturated heterocycles. The van der Waals surface area contributed by atoms with Crippen LogP contribution in [0.5, 0.6) is 11.5 Å². The molecule has 1 heterocycles. The molecule has 4 rings (SSSR count). The standard InChI is InChI=1S/C28H26ClN3O5/c1-17-9-10-19(26(33)30-14-13-18-7-5-4-6-8-18)15-21(17)31-25-24(29)27(34)32(28(25)35)22-12-11-20(36-2)16-23(22)37-3/h4-12,15-16,31H,13-14H2,1-3H3,(H,30,33). The molecule has 3 amide bonds. The Morgan fingerprint density at radius 1 is 0.946 bits per heavy atom. The van der Waals surface area contributed by atoms with Crippen molar-refractivity contribution in [1.29, 1.82) is 0 Å². The normalized spacial score (nSPS) is 13.1. The van der Waals surface area contributed by atoms with E-state index in [1.807, 2.05) is 37.3 Å². The zero-order chi connectivity index (χ0) is 26.5. The van der Waals surface area contributed by atoms with Gasteiger partial charge in [-0.25, -0.2) is 4.90 Å². The van der Waals surface area contributed by atoms with Gasteiger partial charge in [-0.15, -0.1) is 0 Å². The summed E-state index contributed by atoms with van der Waals surface area (Å²) in [6.45, 7) is 2.29. The molecule has 0 fully saturated rings. The lowest BCUT2D eigenvalue weighted by molar-refractivity contribution is -0.120. The number of hydrogen-bond acceptors (Lipinski definition) is 6. The molecule has 3 aromatic rings. The quantitative estimate of drug-likeness (QED) is 0.406. The van der Waals surface area contributed by atoms with Gasteiger partial charge in [-0.1, -0.05) is 48.0 Å². The summed E-state index contributed by atoms with van der Waals surface area (Å²) >= 11 is 6.31. The maximum Gasteiger partial charge on any atom is 0.283 e. The molecule has 0 unspecified atom stereocenters. The predicted octanol–water partition coefficient (Wildman–Crippen LogP) is 4.42. The average Bonchev–Trinajstić information content (AvgIpc) is 3.12. The molecular formula is C28H26ClN3O5. The number of aryl methyl sites for hydroxylation is 1. The third-order valence-corrected chi connectivity index (χ3v) is 6.31. The Labute approximate surface area is 219 Å². The number of benzene rings is 3. The van der Waals surface area contributed by atoms with Crippen LogP contribution in [0.4, 0.5) is 11.4 Å². The van der Waals surface area contributed by atoms with Crippen LogP contribution in [-0.4, -0.2) is 38.5 Å². The van der Waals surface area contributed by atoms with Gasteiger partial charge in [-0.05, 0) is 48.7 Å². The van der Waals surface area contributed by atoms with Crippen LogP contribution < -0.4 is 25.0 Å². The first-order valence-electron chi connectivity index (χ1n) is 11.5. The van der Waals surface area contributed by atoms with Crippen LogP contribution >= 0.6 is 11.6 Å². The minimum Gasteiger partial charge on any atom is -0.497 e. The largest absolute Gasteiger partial charge is 0.497 e. The Bertz CT molecular complexity index is 1390. The maximum atomic E-state index is 13.3. The SMILES string of the molecule is COc1ccc(N2C(=O)C(Cl)=C(Nc3cc(C(=O)NCCc4ccccc4)ccc3C)C2=O)c(OC)c1. The molecule has 0 saturated carbocycles. The van der Waals surface area contributed by atoms with Crippen molar-refractivity contribution in [3.8, 4) is 11.5 Å². The van der Waals surface area contributed by atoms with Crippen molar-refractivity contribution in [3.63, 3.8) is 0 Å². The van der Waals surface area contributed by atoms with E-state index >= 15 is 0 Å². The number of amides is 3. The van der Waals surface area contributed by atoms with Gasteiger partial charge in [0.1, 0.15) is 22.2 Å². The molecule has 0 aliphatic carbocycles. The number of methoxy groups -OCH3 is 2. The first-order valence-corrected chi connectivity index (χ1v) is 11.9. The average molecular weight is 520 g/mol. The summed E-state index contributed by atoms with van der Waals surface area (Å²) in [7, 11) is 2.93. The van der Waals surface area contributed by atoms with Gasteiger partial charge in [0.05, 0.1) is 19.9 Å².